The molecule has 0 aromatic rings. The summed E-state index contributed by atoms with van der Waals surface area (Å²) < 4.78 is 0. The Hall–Kier alpha value is -0.570. The summed E-state index contributed by atoms with van der Waals surface area (Å²) in [6, 6.07) is 0.350. The molecule has 2 rings (SSSR count). The van der Waals surface area contributed by atoms with E-state index >= 15 is 0 Å². The summed E-state index contributed by atoms with van der Waals surface area (Å²) in [6.45, 7) is 4.27. The molecule has 2 N–H and O–H groups in total. The van der Waals surface area contributed by atoms with E-state index in [0.29, 0.717) is 12.0 Å². The molecule has 2 aliphatic rings. The van der Waals surface area contributed by atoms with Gasteiger partial charge in [-0.1, -0.05) is 26.2 Å². The van der Waals surface area contributed by atoms with Crippen molar-refractivity contribution < 1.29 is 4.79 Å². The number of carbonyl (C=O) groups is 1. The first-order valence-corrected chi connectivity index (χ1v) is 6.76. The topological polar surface area (TPSA) is 41.1 Å². The van der Waals surface area contributed by atoms with E-state index < -0.39 is 0 Å². The summed E-state index contributed by atoms with van der Waals surface area (Å²) in [5, 5.41) is 6.51. The highest BCUT2D eigenvalue weighted by Crippen LogP contribution is 2.30. The lowest BCUT2D eigenvalue weighted by atomic mass is 9.82. The highest BCUT2D eigenvalue weighted by molar-refractivity contribution is 5.76. The molecule has 1 saturated heterocycles. The van der Waals surface area contributed by atoms with Crippen molar-refractivity contribution in [2.24, 2.45) is 11.8 Å². The average molecular weight is 224 g/mol. The number of piperidine rings is 1. The van der Waals surface area contributed by atoms with Gasteiger partial charge in [0.15, 0.2) is 0 Å². The Morgan fingerprint density at radius 2 is 2.19 bits per heavy atom. The fourth-order valence-electron chi connectivity index (χ4n) is 2.58. The predicted molar refractivity (Wildman–Crippen MR) is 65.2 cm³/mol. The van der Waals surface area contributed by atoms with Crippen molar-refractivity contribution in [2.45, 2.75) is 51.5 Å². The normalized spacial score (nSPS) is 30.8. The molecule has 2 fully saturated rings. The van der Waals surface area contributed by atoms with Crippen LogP contribution in [0.4, 0.5) is 0 Å². The summed E-state index contributed by atoms with van der Waals surface area (Å²) in [5.74, 6) is 1.72. The molecule has 2 unspecified atom stereocenters. The van der Waals surface area contributed by atoms with E-state index in [1.165, 1.54) is 25.7 Å². The second kappa shape index (κ2) is 5.67. The molecule has 0 aromatic heterocycles. The zero-order chi connectivity index (χ0) is 11.4. The van der Waals surface area contributed by atoms with Crippen LogP contribution in [0, 0.1) is 11.8 Å². The van der Waals surface area contributed by atoms with Gasteiger partial charge in [0.1, 0.15) is 0 Å². The van der Waals surface area contributed by atoms with Gasteiger partial charge in [-0.2, -0.15) is 0 Å². The molecule has 2 atom stereocenters. The van der Waals surface area contributed by atoms with Gasteiger partial charge in [0, 0.05) is 19.0 Å². The summed E-state index contributed by atoms with van der Waals surface area (Å²) in [5.41, 5.74) is 0. The zero-order valence-corrected chi connectivity index (χ0v) is 10.3. The van der Waals surface area contributed by atoms with Crippen LogP contribution in [0.15, 0.2) is 0 Å². The summed E-state index contributed by atoms with van der Waals surface area (Å²) in [4.78, 5) is 11.8. The molecule has 3 heteroatoms. The Morgan fingerprint density at radius 3 is 2.81 bits per heavy atom. The van der Waals surface area contributed by atoms with Crippen LogP contribution < -0.4 is 10.6 Å². The van der Waals surface area contributed by atoms with E-state index in [0.717, 1.165) is 31.8 Å². The molecule has 1 saturated carbocycles. The minimum absolute atomic E-state index is 0.257. The number of carbonyl (C=O) groups excluding carboxylic acids is 1. The maximum absolute atomic E-state index is 11.8. The molecule has 16 heavy (non-hydrogen) atoms. The first-order valence-electron chi connectivity index (χ1n) is 6.76. The number of hydrogen-bond acceptors (Lipinski definition) is 2. The molecule has 0 radical (unpaired) electrons. The van der Waals surface area contributed by atoms with Crippen LogP contribution in [-0.4, -0.2) is 25.0 Å². The van der Waals surface area contributed by atoms with Gasteiger partial charge in [-0.3, -0.25) is 4.79 Å². The Kier molecular flexibility index (Phi) is 4.22. The smallest absolute Gasteiger partial charge is 0.220 e. The van der Waals surface area contributed by atoms with E-state index in [2.05, 4.69) is 17.6 Å². The monoisotopic (exact) mass is 224 g/mol. The molecule has 0 aromatic carbocycles. The predicted octanol–water partition coefficient (Wildman–Crippen LogP) is 1.68. The van der Waals surface area contributed by atoms with Crippen LogP contribution in [0.3, 0.4) is 0 Å². The third kappa shape index (κ3) is 3.21. The Labute approximate surface area is 98.4 Å². The quantitative estimate of drug-likeness (QED) is 0.763. The second-order valence-electron chi connectivity index (χ2n) is 5.48. The SMILES string of the molecule is CC1CCNCC1NC(=O)CCC1CCC1. The summed E-state index contributed by atoms with van der Waals surface area (Å²) in [7, 11) is 0. The van der Waals surface area contributed by atoms with Crippen LogP contribution in [0.2, 0.25) is 0 Å². The fraction of sp³-hybridized carbons (Fsp3) is 0.923. The van der Waals surface area contributed by atoms with E-state index in [-0.39, 0.29) is 5.91 Å². The van der Waals surface area contributed by atoms with Crippen molar-refractivity contribution in [3.05, 3.63) is 0 Å². The third-order valence-corrected chi connectivity index (χ3v) is 4.18. The number of amides is 1. The zero-order valence-electron chi connectivity index (χ0n) is 10.3. The van der Waals surface area contributed by atoms with Crippen molar-refractivity contribution in [2.75, 3.05) is 13.1 Å². The summed E-state index contributed by atoms with van der Waals surface area (Å²) >= 11 is 0. The highest BCUT2D eigenvalue weighted by atomic mass is 16.1. The van der Waals surface area contributed by atoms with Gasteiger partial charge in [-0.05, 0) is 31.2 Å². The lowest BCUT2D eigenvalue weighted by molar-refractivity contribution is -0.122. The van der Waals surface area contributed by atoms with Crippen molar-refractivity contribution >= 4 is 5.91 Å². The Balaban J connectivity index is 1.64. The van der Waals surface area contributed by atoms with Crippen molar-refractivity contribution in [3.8, 4) is 0 Å². The molecular formula is C13H24N2O. The second-order valence-corrected chi connectivity index (χ2v) is 5.48. The van der Waals surface area contributed by atoms with Gasteiger partial charge in [0.2, 0.25) is 5.91 Å². The van der Waals surface area contributed by atoms with Gasteiger partial charge >= 0.3 is 0 Å². The van der Waals surface area contributed by atoms with Crippen LogP contribution in [0.25, 0.3) is 0 Å². The molecule has 3 nitrogen and oxygen atoms in total. The van der Waals surface area contributed by atoms with Crippen LogP contribution in [0.5, 0.6) is 0 Å². The standard InChI is InChI=1S/C13H24N2O/c1-10-7-8-14-9-12(10)15-13(16)6-5-11-3-2-4-11/h10-12,14H,2-9H2,1H3,(H,15,16). The molecule has 92 valence electrons. The summed E-state index contributed by atoms with van der Waals surface area (Å²) in [6.07, 6.45) is 7.06. The molecule has 1 heterocycles. The minimum Gasteiger partial charge on any atom is -0.352 e. The van der Waals surface area contributed by atoms with Gasteiger partial charge in [0.05, 0.1) is 0 Å². The Morgan fingerprint density at radius 1 is 1.38 bits per heavy atom. The Bertz CT molecular complexity index is 238. The van der Waals surface area contributed by atoms with Crippen LogP contribution in [0.1, 0.15) is 45.4 Å². The van der Waals surface area contributed by atoms with Gasteiger partial charge < -0.3 is 10.6 Å². The first kappa shape index (κ1) is 11.9. The lowest BCUT2D eigenvalue weighted by Gasteiger charge is -2.31. The number of rotatable bonds is 4. The largest absolute Gasteiger partial charge is 0.352 e. The lowest BCUT2D eigenvalue weighted by Crippen LogP contribution is -2.50. The van der Waals surface area contributed by atoms with Gasteiger partial charge in [-0.25, -0.2) is 0 Å². The maximum Gasteiger partial charge on any atom is 0.220 e. The van der Waals surface area contributed by atoms with E-state index in [9.17, 15) is 4.79 Å². The molecule has 1 aliphatic carbocycles. The van der Waals surface area contributed by atoms with Gasteiger partial charge in [0.25, 0.3) is 0 Å². The van der Waals surface area contributed by atoms with Crippen molar-refractivity contribution in [1.82, 2.24) is 10.6 Å². The molecule has 1 aliphatic heterocycles. The van der Waals surface area contributed by atoms with E-state index in [1.807, 2.05) is 0 Å². The molecule has 1 amide bonds. The number of nitrogens with one attached hydrogen (secondary N) is 2. The average Bonchev–Trinajstić information content (AvgIpc) is 2.19. The van der Waals surface area contributed by atoms with Gasteiger partial charge in [-0.15, -0.1) is 0 Å². The van der Waals surface area contributed by atoms with Crippen molar-refractivity contribution in [1.29, 1.82) is 0 Å². The highest BCUT2D eigenvalue weighted by Gasteiger charge is 2.23. The first-order chi connectivity index (χ1) is 7.75. The molecular weight excluding hydrogens is 200 g/mol. The van der Waals surface area contributed by atoms with Crippen LogP contribution >= 0.6 is 0 Å². The number of hydrogen-bond donors (Lipinski definition) is 2. The molecule has 0 spiro atoms. The van der Waals surface area contributed by atoms with Crippen molar-refractivity contribution in [3.63, 3.8) is 0 Å². The third-order valence-electron chi connectivity index (χ3n) is 4.18. The van der Waals surface area contributed by atoms with E-state index in [4.69, 9.17) is 0 Å². The minimum atomic E-state index is 0.257. The maximum atomic E-state index is 11.8. The molecule has 0 bridgehead atoms. The van der Waals surface area contributed by atoms with E-state index in [1.54, 1.807) is 0 Å². The fourth-order valence-corrected chi connectivity index (χ4v) is 2.58. The van der Waals surface area contributed by atoms with Crippen LogP contribution in [-0.2, 0) is 4.79 Å².